The lowest BCUT2D eigenvalue weighted by molar-refractivity contribution is -0.113. The number of aryl methyl sites for hydroxylation is 1. The summed E-state index contributed by atoms with van der Waals surface area (Å²) in [6.45, 7) is 4.51. The summed E-state index contributed by atoms with van der Waals surface area (Å²) in [5.74, 6) is 1.08. The summed E-state index contributed by atoms with van der Waals surface area (Å²) in [5.41, 5.74) is 3.62. The Morgan fingerprint density at radius 2 is 1.81 bits per heavy atom. The molecule has 0 saturated heterocycles. The van der Waals surface area contributed by atoms with E-state index in [0.29, 0.717) is 39.4 Å². The van der Waals surface area contributed by atoms with Gasteiger partial charge < -0.3 is 4.74 Å². The Bertz CT molecular complexity index is 1200. The summed E-state index contributed by atoms with van der Waals surface area (Å²) in [5, 5.41) is 0.990. The van der Waals surface area contributed by atoms with Crippen molar-refractivity contribution in [2.24, 2.45) is 4.99 Å². The third-order valence-corrected chi connectivity index (χ3v) is 5.36. The van der Waals surface area contributed by atoms with Gasteiger partial charge in [-0.25, -0.2) is 4.99 Å². The monoisotopic (exact) mass is 450 g/mol. The molecule has 6 heteroatoms. The van der Waals surface area contributed by atoms with Gasteiger partial charge in [-0.05, 0) is 68.0 Å². The maximum absolute atomic E-state index is 13.4. The van der Waals surface area contributed by atoms with Crippen LogP contribution < -0.4 is 9.64 Å². The Kier molecular flexibility index (Phi) is 6.12. The number of hydrogen-bond acceptors (Lipinski definition) is 3. The molecule has 0 bridgehead atoms. The number of hydrogen-bond donors (Lipinski definition) is 0. The molecule has 4 rings (SSSR count). The molecule has 0 fully saturated rings. The molecule has 0 unspecified atom stereocenters. The molecular weight excluding hydrogens is 431 g/mol. The minimum Gasteiger partial charge on any atom is -0.494 e. The molecule has 0 atom stereocenters. The van der Waals surface area contributed by atoms with E-state index in [1.54, 1.807) is 29.2 Å². The molecule has 0 N–H and O–H groups in total. The number of anilines is 1. The van der Waals surface area contributed by atoms with E-state index < -0.39 is 0 Å². The first-order valence-electron chi connectivity index (χ1n) is 9.86. The van der Waals surface area contributed by atoms with E-state index in [1.807, 2.05) is 62.4 Å². The number of benzene rings is 3. The molecule has 3 aromatic rings. The Balaban J connectivity index is 1.80. The molecule has 1 aliphatic heterocycles. The van der Waals surface area contributed by atoms with Crippen molar-refractivity contribution in [2.45, 2.75) is 13.8 Å². The topological polar surface area (TPSA) is 41.9 Å². The van der Waals surface area contributed by atoms with Gasteiger partial charge in [0.25, 0.3) is 5.91 Å². The van der Waals surface area contributed by atoms with Crippen molar-refractivity contribution in [2.75, 3.05) is 11.5 Å². The van der Waals surface area contributed by atoms with E-state index in [0.717, 1.165) is 16.9 Å². The van der Waals surface area contributed by atoms with Gasteiger partial charge in [-0.3, -0.25) is 9.69 Å². The number of ether oxygens (including phenoxy) is 1. The molecule has 3 aromatic carbocycles. The molecule has 0 saturated carbocycles. The Morgan fingerprint density at radius 3 is 2.48 bits per heavy atom. The van der Waals surface area contributed by atoms with Crippen LogP contribution in [0.25, 0.3) is 6.08 Å². The number of amides is 1. The van der Waals surface area contributed by atoms with Crippen LogP contribution in [0.4, 0.5) is 5.69 Å². The van der Waals surface area contributed by atoms with E-state index in [9.17, 15) is 4.79 Å². The van der Waals surface area contributed by atoms with Crippen LogP contribution in [0.3, 0.4) is 0 Å². The van der Waals surface area contributed by atoms with Crippen LogP contribution in [-0.2, 0) is 4.79 Å². The highest BCUT2D eigenvalue weighted by Crippen LogP contribution is 2.31. The fraction of sp³-hybridized carbons (Fsp3) is 0.120. The second kappa shape index (κ2) is 8.96. The second-order valence-electron chi connectivity index (χ2n) is 7.07. The van der Waals surface area contributed by atoms with E-state index in [1.165, 1.54) is 0 Å². The van der Waals surface area contributed by atoms with Gasteiger partial charge in [0.05, 0.1) is 12.3 Å². The Morgan fingerprint density at radius 1 is 1.03 bits per heavy atom. The standard InChI is InChI=1S/C25H20Cl2N2O2/c1-3-31-21-11-9-20(10-12-21)29-24(18-6-4-5-16(2)13-18)28-23(25(29)30)14-17-7-8-19(26)15-22(17)27/h4-15H,3H2,1-2H3/b23-14+. The molecule has 1 heterocycles. The van der Waals surface area contributed by atoms with Crippen LogP contribution in [0.1, 0.15) is 23.6 Å². The van der Waals surface area contributed by atoms with Crippen LogP contribution >= 0.6 is 23.2 Å². The van der Waals surface area contributed by atoms with E-state index in [2.05, 4.69) is 4.99 Å². The zero-order chi connectivity index (χ0) is 22.0. The number of nitrogens with zero attached hydrogens (tertiary/aromatic N) is 2. The molecule has 156 valence electrons. The van der Waals surface area contributed by atoms with Gasteiger partial charge >= 0.3 is 0 Å². The molecular formula is C25H20Cl2N2O2. The lowest BCUT2D eigenvalue weighted by Gasteiger charge is -2.19. The summed E-state index contributed by atoms with van der Waals surface area (Å²) >= 11 is 12.3. The number of rotatable bonds is 5. The third-order valence-electron chi connectivity index (χ3n) is 4.80. The van der Waals surface area contributed by atoms with Crippen LogP contribution in [0.5, 0.6) is 5.75 Å². The SMILES string of the molecule is CCOc1ccc(N2C(=O)/C(=C\c3ccc(Cl)cc3Cl)N=C2c2cccc(C)c2)cc1. The van der Waals surface area contributed by atoms with Gasteiger partial charge in [-0.1, -0.05) is 53.0 Å². The van der Waals surface area contributed by atoms with Gasteiger partial charge in [0.2, 0.25) is 0 Å². The molecule has 0 spiro atoms. The Hall–Kier alpha value is -3.08. The third kappa shape index (κ3) is 4.50. The first kappa shape index (κ1) is 21.2. The maximum Gasteiger partial charge on any atom is 0.282 e. The highest BCUT2D eigenvalue weighted by atomic mass is 35.5. The van der Waals surface area contributed by atoms with Crippen molar-refractivity contribution in [3.05, 3.63) is 99.2 Å². The van der Waals surface area contributed by atoms with Crippen molar-refractivity contribution >= 4 is 46.7 Å². The largest absolute Gasteiger partial charge is 0.494 e. The zero-order valence-corrected chi connectivity index (χ0v) is 18.6. The summed E-state index contributed by atoms with van der Waals surface area (Å²) in [7, 11) is 0. The van der Waals surface area contributed by atoms with Crippen molar-refractivity contribution < 1.29 is 9.53 Å². The van der Waals surface area contributed by atoms with Crippen LogP contribution in [0.15, 0.2) is 77.4 Å². The minimum atomic E-state index is -0.230. The van der Waals surface area contributed by atoms with Crippen LogP contribution in [-0.4, -0.2) is 18.3 Å². The molecule has 4 nitrogen and oxygen atoms in total. The van der Waals surface area contributed by atoms with Crippen molar-refractivity contribution in [3.8, 4) is 5.75 Å². The first-order valence-corrected chi connectivity index (χ1v) is 10.6. The molecule has 0 aromatic heterocycles. The normalized spacial score (nSPS) is 14.8. The van der Waals surface area contributed by atoms with E-state index >= 15 is 0 Å². The smallest absolute Gasteiger partial charge is 0.282 e. The number of carbonyl (C=O) groups excluding carboxylic acids is 1. The summed E-state index contributed by atoms with van der Waals surface area (Å²) in [6.07, 6.45) is 1.69. The summed E-state index contributed by atoms with van der Waals surface area (Å²) in [4.78, 5) is 19.7. The average molecular weight is 451 g/mol. The lowest BCUT2D eigenvalue weighted by Crippen LogP contribution is -2.32. The van der Waals surface area contributed by atoms with Crippen molar-refractivity contribution in [1.29, 1.82) is 0 Å². The van der Waals surface area contributed by atoms with Crippen molar-refractivity contribution in [3.63, 3.8) is 0 Å². The number of amidine groups is 1. The predicted octanol–water partition coefficient (Wildman–Crippen LogP) is 6.54. The van der Waals surface area contributed by atoms with E-state index in [4.69, 9.17) is 27.9 Å². The van der Waals surface area contributed by atoms with Gasteiger partial charge in [0, 0.05) is 15.6 Å². The molecule has 0 aliphatic carbocycles. The second-order valence-corrected chi connectivity index (χ2v) is 7.91. The van der Waals surface area contributed by atoms with Crippen LogP contribution in [0.2, 0.25) is 10.0 Å². The summed E-state index contributed by atoms with van der Waals surface area (Å²) < 4.78 is 5.53. The van der Waals surface area contributed by atoms with Gasteiger partial charge in [-0.15, -0.1) is 0 Å². The first-order chi connectivity index (χ1) is 15.0. The number of aliphatic imine (C=N–C) groups is 1. The fourth-order valence-corrected chi connectivity index (χ4v) is 3.82. The van der Waals surface area contributed by atoms with Gasteiger partial charge in [0.15, 0.2) is 0 Å². The maximum atomic E-state index is 13.4. The molecule has 31 heavy (non-hydrogen) atoms. The minimum absolute atomic E-state index is 0.230. The van der Waals surface area contributed by atoms with Gasteiger partial charge in [0.1, 0.15) is 17.3 Å². The Labute approximate surface area is 191 Å². The lowest BCUT2D eigenvalue weighted by atomic mass is 10.1. The number of halogens is 2. The highest BCUT2D eigenvalue weighted by molar-refractivity contribution is 6.36. The zero-order valence-electron chi connectivity index (χ0n) is 17.1. The van der Waals surface area contributed by atoms with Gasteiger partial charge in [-0.2, -0.15) is 0 Å². The fourth-order valence-electron chi connectivity index (χ4n) is 3.36. The predicted molar refractivity (Wildman–Crippen MR) is 127 cm³/mol. The van der Waals surface area contributed by atoms with E-state index in [-0.39, 0.29) is 5.91 Å². The quantitative estimate of drug-likeness (QED) is 0.414. The summed E-state index contributed by atoms with van der Waals surface area (Å²) in [6, 6.07) is 20.4. The van der Waals surface area contributed by atoms with Crippen molar-refractivity contribution in [1.82, 2.24) is 0 Å². The highest BCUT2D eigenvalue weighted by Gasteiger charge is 2.32. The molecule has 0 radical (unpaired) electrons. The molecule has 1 amide bonds. The van der Waals surface area contributed by atoms with Crippen LogP contribution in [0, 0.1) is 6.92 Å². The molecule has 1 aliphatic rings. The average Bonchev–Trinajstić information content (AvgIpc) is 3.07. The number of carbonyl (C=O) groups is 1.